The molecule has 0 spiro atoms. The van der Waals surface area contributed by atoms with Crippen LogP contribution in [0.25, 0.3) is 0 Å². The van der Waals surface area contributed by atoms with Crippen LogP contribution in [0.1, 0.15) is 40.8 Å². The number of carbonyl (C=O) groups is 1. The zero-order chi connectivity index (χ0) is 17.7. The second-order valence-corrected chi connectivity index (χ2v) is 8.10. The van der Waals surface area contributed by atoms with Crippen molar-refractivity contribution in [3.63, 3.8) is 0 Å². The van der Waals surface area contributed by atoms with Crippen molar-refractivity contribution in [2.45, 2.75) is 39.5 Å². The van der Waals surface area contributed by atoms with Crippen LogP contribution >= 0.6 is 27.7 Å². The summed E-state index contributed by atoms with van der Waals surface area (Å²) in [5.41, 5.74) is 6.22. The summed E-state index contributed by atoms with van der Waals surface area (Å²) in [4.78, 5) is 12.2. The highest BCUT2D eigenvalue weighted by Crippen LogP contribution is 2.22. The van der Waals surface area contributed by atoms with E-state index in [2.05, 4.69) is 66.3 Å². The van der Waals surface area contributed by atoms with Gasteiger partial charge in [0.1, 0.15) is 0 Å². The Bertz CT molecular complexity index is 712. The van der Waals surface area contributed by atoms with E-state index in [9.17, 15) is 4.79 Å². The second kappa shape index (κ2) is 8.72. The summed E-state index contributed by atoms with van der Waals surface area (Å²) in [5, 5.41) is 3.11. The van der Waals surface area contributed by atoms with E-state index >= 15 is 0 Å². The summed E-state index contributed by atoms with van der Waals surface area (Å²) in [6.45, 7) is 8.39. The first kappa shape index (κ1) is 19.1. The van der Waals surface area contributed by atoms with Crippen molar-refractivity contribution in [2.75, 3.05) is 5.75 Å². The van der Waals surface area contributed by atoms with Crippen molar-refractivity contribution in [1.29, 1.82) is 0 Å². The minimum atomic E-state index is 0.0325. The molecule has 2 aromatic rings. The molecule has 0 saturated heterocycles. The highest BCUT2D eigenvalue weighted by Gasteiger charge is 2.13. The van der Waals surface area contributed by atoms with Crippen LogP contribution in [0.4, 0.5) is 0 Å². The van der Waals surface area contributed by atoms with Gasteiger partial charge in [-0.2, -0.15) is 0 Å². The summed E-state index contributed by atoms with van der Waals surface area (Å²) in [7, 11) is 0. The Morgan fingerprint density at radius 2 is 1.71 bits per heavy atom. The summed E-state index contributed by atoms with van der Waals surface area (Å²) in [5.74, 6) is 1.41. The van der Waals surface area contributed by atoms with Crippen LogP contribution < -0.4 is 5.32 Å². The second-order valence-electron chi connectivity index (χ2n) is 6.20. The SMILES string of the molecule is Cc1cc(C)c([C@@H](C)NC(=O)CSCc2ccc(Br)cc2)cc1C. The summed E-state index contributed by atoms with van der Waals surface area (Å²) in [6, 6.07) is 12.6. The lowest BCUT2D eigenvalue weighted by atomic mass is 9.96. The average molecular weight is 406 g/mol. The molecule has 24 heavy (non-hydrogen) atoms. The number of carbonyl (C=O) groups excluding carboxylic acids is 1. The molecule has 2 rings (SSSR count). The minimum absolute atomic E-state index is 0.0325. The molecule has 0 bridgehead atoms. The van der Waals surface area contributed by atoms with Gasteiger partial charge in [-0.3, -0.25) is 4.79 Å². The molecule has 0 unspecified atom stereocenters. The summed E-state index contributed by atoms with van der Waals surface area (Å²) in [6.07, 6.45) is 0. The number of nitrogens with one attached hydrogen (secondary N) is 1. The molecule has 1 amide bonds. The molecule has 0 fully saturated rings. The molecule has 0 aliphatic heterocycles. The normalized spacial score (nSPS) is 12.0. The van der Waals surface area contributed by atoms with E-state index in [1.54, 1.807) is 11.8 Å². The van der Waals surface area contributed by atoms with Crippen molar-refractivity contribution in [3.8, 4) is 0 Å². The molecule has 4 heteroatoms. The van der Waals surface area contributed by atoms with E-state index in [0.717, 1.165) is 10.2 Å². The Morgan fingerprint density at radius 1 is 1.08 bits per heavy atom. The van der Waals surface area contributed by atoms with Crippen molar-refractivity contribution < 1.29 is 4.79 Å². The number of benzene rings is 2. The fourth-order valence-corrected chi connectivity index (χ4v) is 3.72. The van der Waals surface area contributed by atoms with E-state index in [-0.39, 0.29) is 11.9 Å². The monoisotopic (exact) mass is 405 g/mol. The quantitative estimate of drug-likeness (QED) is 0.688. The first-order valence-corrected chi connectivity index (χ1v) is 10.0. The molecule has 0 radical (unpaired) electrons. The molecular weight excluding hydrogens is 382 g/mol. The molecular formula is C20H24BrNOS. The first-order valence-electron chi connectivity index (χ1n) is 8.06. The fourth-order valence-electron chi connectivity index (χ4n) is 2.65. The molecule has 0 aliphatic carbocycles. The molecule has 1 N–H and O–H groups in total. The number of hydrogen-bond donors (Lipinski definition) is 1. The van der Waals surface area contributed by atoms with Crippen LogP contribution in [0.5, 0.6) is 0 Å². The van der Waals surface area contributed by atoms with Gasteiger partial charge in [-0.25, -0.2) is 0 Å². The van der Waals surface area contributed by atoms with Crippen LogP contribution in [0.3, 0.4) is 0 Å². The molecule has 0 saturated carbocycles. The van der Waals surface area contributed by atoms with Crippen molar-refractivity contribution >= 4 is 33.6 Å². The van der Waals surface area contributed by atoms with Crippen molar-refractivity contribution in [1.82, 2.24) is 5.32 Å². The largest absolute Gasteiger partial charge is 0.349 e. The number of aryl methyl sites for hydroxylation is 3. The maximum absolute atomic E-state index is 12.2. The Balaban J connectivity index is 1.85. The number of halogens is 1. The van der Waals surface area contributed by atoms with E-state index in [1.165, 1.54) is 27.8 Å². The molecule has 0 aliphatic rings. The molecule has 1 atom stereocenters. The van der Waals surface area contributed by atoms with Crippen LogP contribution in [0.2, 0.25) is 0 Å². The van der Waals surface area contributed by atoms with Crippen molar-refractivity contribution in [3.05, 3.63) is 68.7 Å². The van der Waals surface area contributed by atoms with E-state index in [0.29, 0.717) is 5.75 Å². The number of amides is 1. The van der Waals surface area contributed by atoms with Crippen LogP contribution in [0, 0.1) is 20.8 Å². The third-order valence-electron chi connectivity index (χ3n) is 4.14. The lowest BCUT2D eigenvalue weighted by molar-refractivity contribution is -0.119. The van der Waals surface area contributed by atoms with Gasteiger partial charge in [-0.15, -0.1) is 11.8 Å². The Kier molecular flexibility index (Phi) is 6.93. The van der Waals surface area contributed by atoms with Gasteiger partial charge < -0.3 is 5.32 Å². The van der Waals surface area contributed by atoms with Crippen molar-refractivity contribution in [2.24, 2.45) is 0 Å². The van der Waals surface area contributed by atoms with E-state index < -0.39 is 0 Å². The van der Waals surface area contributed by atoms with Gasteiger partial charge in [0.2, 0.25) is 5.91 Å². The van der Waals surface area contributed by atoms with Gasteiger partial charge in [0, 0.05) is 10.2 Å². The van der Waals surface area contributed by atoms with Gasteiger partial charge >= 0.3 is 0 Å². The fraction of sp³-hybridized carbons (Fsp3) is 0.350. The summed E-state index contributed by atoms with van der Waals surface area (Å²) < 4.78 is 1.08. The topological polar surface area (TPSA) is 29.1 Å². The number of hydrogen-bond acceptors (Lipinski definition) is 2. The standard InChI is InChI=1S/C20H24BrNOS/c1-13-9-15(3)19(10-14(13)2)16(4)22-20(23)12-24-11-17-5-7-18(21)8-6-17/h5-10,16H,11-12H2,1-4H3,(H,22,23)/t16-/m1/s1. The first-order chi connectivity index (χ1) is 11.4. The van der Waals surface area contributed by atoms with E-state index in [1.807, 2.05) is 19.1 Å². The average Bonchev–Trinajstić information content (AvgIpc) is 2.52. The van der Waals surface area contributed by atoms with Gasteiger partial charge in [-0.1, -0.05) is 40.2 Å². The highest BCUT2D eigenvalue weighted by atomic mass is 79.9. The molecule has 2 aromatic carbocycles. The predicted octanol–water partition coefficient (Wildman–Crippen LogP) is 5.48. The predicted molar refractivity (Wildman–Crippen MR) is 108 cm³/mol. The lowest BCUT2D eigenvalue weighted by Gasteiger charge is -2.18. The minimum Gasteiger partial charge on any atom is -0.349 e. The van der Waals surface area contributed by atoms with Gasteiger partial charge in [0.15, 0.2) is 0 Å². The Morgan fingerprint density at radius 3 is 2.38 bits per heavy atom. The van der Waals surface area contributed by atoms with Gasteiger partial charge in [-0.05, 0) is 67.6 Å². The molecule has 2 nitrogen and oxygen atoms in total. The highest BCUT2D eigenvalue weighted by molar-refractivity contribution is 9.10. The zero-order valence-electron chi connectivity index (χ0n) is 14.7. The Labute approximate surface area is 157 Å². The number of thioether (sulfide) groups is 1. The third-order valence-corrected chi connectivity index (χ3v) is 5.67. The van der Waals surface area contributed by atoms with Crippen LogP contribution in [0.15, 0.2) is 40.9 Å². The van der Waals surface area contributed by atoms with Crippen LogP contribution in [-0.2, 0) is 10.5 Å². The summed E-state index contributed by atoms with van der Waals surface area (Å²) >= 11 is 5.07. The Hall–Kier alpha value is -1.26. The third kappa shape index (κ3) is 5.38. The number of rotatable bonds is 6. The van der Waals surface area contributed by atoms with Gasteiger partial charge in [0.05, 0.1) is 11.8 Å². The maximum Gasteiger partial charge on any atom is 0.230 e. The molecule has 0 heterocycles. The van der Waals surface area contributed by atoms with E-state index in [4.69, 9.17) is 0 Å². The zero-order valence-corrected chi connectivity index (χ0v) is 17.1. The van der Waals surface area contributed by atoms with Gasteiger partial charge in [0.25, 0.3) is 0 Å². The lowest BCUT2D eigenvalue weighted by Crippen LogP contribution is -2.28. The smallest absolute Gasteiger partial charge is 0.230 e. The molecule has 128 valence electrons. The molecule has 0 aromatic heterocycles. The maximum atomic E-state index is 12.2. The van der Waals surface area contributed by atoms with Crippen LogP contribution in [-0.4, -0.2) is 11.7 Å².